The van der Waals surface area contributed by atoms with Gasteiger partial charge in [0, 0.05) is 37.9 Å². The molecule has 1 atom stereocenters. The zero-order valence-electron chi connectivity index (χ0n) is 18.4. The van der Waals surface area contributed by atoms with Crippen LogP contribution in [-0.2, 0) is 9.59 Å². The number of hydrogen-bond acceptors (Lipinski definition) is 7. The van der Waals surface area contributed by atoms with Gasteiger partial charge in [0.2, 0.25) is 5.91 Å². The van der Waals surface area contributed by atoms with Crippen molar-refractivity contribution in [3.8, 4) is 5.75 Å². The number of aryl methyl sites for hydroxylation is 2. The third kappa shape index (κ3) is 4.54. The minimum Gasteiger partial charge on any atom is -0.494 e. The van der Waals surface area contributed by atoms with E-state index in [2.05, 4.69) is 19.8 Å². The Morgan fingerprint density at radius 3 is 2.39 bits per heavy atom. The van der Waals surface area contributed by atoms with Crippen LogP contribution in [0.2, 0.25) is 0 Å². The predicted octanol–water partition coefficient (Wildman–Crippen LogP) is 2.34. The summed E-state index contributed by atoms with van der Waals surface area (Å²) in [5, 5.41) is 0. The van der Waals surface area contributed by atoms with Gasteiger partial charge in [-0.25, -0.2) is 14.9 Å². The topological polar surface area (TPSA) is 78.9 Å². The molecule has 1 aromatic heterocycles. The molecule has 2 aromatic rings. The molecule has 0 N–H and O–H groups in total. The van der Waals surface area contributed by atoms with Gasteiger partial charge in [0.1, 0.15) is 17.4 Å². The number of carbonyl (C=O) groups excluding carboxylic acids is 2. The summed E-state index contributed by atoms with van der Waals surface area (Å²) in [7, 11) is 0. The van der Waals surface area contributed by atoms with E-state index < -0.39 is 6.04 Å². The summed E-state index contributed by atoms with van der Waals surface area (Å²) in [4.78, 5) is 40.3. The van der Waals surface area contributed by atoms with Gasteiger partial charge < -0.3 is 9.64 Å². The Hall–Kier alpha value is -3.00. The molecule has 1 unspecified atom stereocenters. The van der Waals surface area contributed by atoms with E-state index in [9.17, 15) is 9.59 Å². The van der Waals surface area contributed by atoms with Crippen LogP contribution < -0.4 is 14.5 Å². The highest BCUT2D eigenvalue weighted by Gasteiger charge is 2.43. The van der Waals surface area contributed by atoms with Crippen LogP contribution >= 0.6 is 0 Å². The van der Waals surface area contributed by atoms with Gasteiger partial charge in [0.15, 0.2) is 0 Å². The summed E-state index contributed by atoms with van der Waals surface area (Å²) in [6.07, 6.45) is 1.15. The summed E-state index contributed by atoms with van der Waals surface area (Å²) >= 11 is 0. The van der Waals surface area contributed by atoms with Gasteiger partial charge in [-0.3, -0.25) is 14.5 Å². The van der Waals surface area contributed by atoms with Gasteiger partial charge in [-0.15, -0.1) is 0 Å². The fourth-order valence-electron chi connectivity index (χ4n) is 4.21. The van der Waals surface area contributed by atoms with Crippen LogP contribution in [0.15, 0.2) is 30.3 Å². The van der Waals surface area contributed by atoms with E-state index >= 15 is 0 Å². The Bertz CT molecular complexity index is 934. The molecule has 2 saturated heterocycles. The van der Waals surface area contributed by atoms with Crippen molar-refractivity contribution in [2.24, 2.45) is 0 Å². The Morgan fingerprint density at radius 2 is 1.74 bits per heavy atom. The summed E-state index contributed by atoms with van der Waals surface area (Å²) in [6, 6.07) is 8.76. The molecule has 31 heavy (non-hydrogen) atoms. The number of aromatic nitrogens is 2. The van der Waals surface area contributed by atoms with Gasteiger partial charge in [-0.1, -0.05) is 6.92 Å². The van der Waals surface area contributed by atoms with E-state index in [1.807, 2.05) is 39.0 Å². The standard InChI is InChI=1S/C23H29N5O3/c1-4-13-31-19-7-5-18(6-8-19)28-22(29)15-20(23(28)30)26-9-11-27(12-10-26)21-14-16(2)24-17(3)25-21/h5-8,14,20H,4,9-13,15H2,1-3H3. The van der Waals surface area contributed by atoms with Gasteiger partial charge in [0.05, 0.1) is 24.8 Å². The summed E-state index contributed by atoms with van der Waals surface area (Å²) in [6.45, 7) is 9.50. The van der Waals surface area contributed by atoms with Crippen molar-refractivity contribution >= 4 is 23.3 Å². The number of hydrogen-bond donors (Lipinski definition) is 0. The maximum atomic E-state index is 13.1. The molecule has 164 valence electrons. The van der Waals surface area contributed by atoms with Crippen LogP contribution in [0, 0.1) is 13.8 Å². The van der Waals surface area contributed by atoms with Crippen molar-refractivity contribution in [3.05, 3.63) is 41.9 Å². The Balaban J connectivity index is 1.40. The molecule has 0 spiro atoms. The molecule has 2 amide bonds. The second-order valence-corrected chi connectivity index (χ2v) is 8.07. The number of anilines is 2. The minimum atomic E-state index is -0.403. The van der Waals surface area contributed by atoms with Gasteiger partial charge in [-0.05, 0) is 44.5 Å². The monoisotopic (exact) mass is 423 g/mol. The molecule has 8 nitrogen and oxygen atoms in total. The van der Waals surface area contributed by atoms with Crippen molar-refractivity contribution in [2.75, 3.05) is 42.6 Å². The second kappa shape index (κ2) is 9.01. The smallest absolute Gasteiger partial charge is 0.251 e. The number of nitrogens with zero attached hydrogens (tertiary/aromatic N) is 5. The van der Waals surface area contributed by atoms with E-state index in [1.165, 1.54) is 4.90 Å². The van der Waals surface area contributed by atoms with Crippen molar-refractivity contribution in [2.45, 2.75) is 39.7 Å². The maximum Gasteiger partial charge on any atom is 0.251 e. The van der Waals surface area contributed by atoms with E-state index in [-0.39, 0.29) is 18.2 Å². The van der Waals surface area contributed by atoms with E-state index in [0.29, 0.717) is 25.4 Å². The molecule has 0 bridgehead atoms. The van der Waals surface area contributed by atoms with Crippen molar-refractivity contribution in [1.29, 1.82) is 0 Å². The highest BCUT2D eigenvalue weighted by Crippen LogP contribution is 2.28. The van der Waals surface area contributed by atoms with Gasteiger partial charge in [-0.2, -0.15) is 0 Å². The first-order chi connectivity index (χ1) is 15.0. The van der Waals surface area contributed by atoms with Gasteiger partial charge >= 0.3 is 0 Å². The number of piperazine rings is 1. The lowest BCUT2D eigenvalue weighted by Crippen LogP contribution is -2.52. The molecule has 2 aliphatic rings. The van der Waals surface area contributed by atoms with Crippen LogP contribution in [0.5, 0.6) is 5.75 Å². The fraction of sp³-hybridized carbons (Fsp3) is 0.478. The third-order valence-corrected chi connectivity index (χ3v) is 5.72. The molecule has 8 heteroatoms. The Labute approximate surface area is 182 Å². The lowest BCUT2D eigenvalue weighted by Gasteiger charge is -2.37. The number of ether oxygens (including phenoxy) is 1. The second-order valence-electron chi connectivity index (χ2n) is 8.07. The molecule has 1 aromatic carbocycles. The molecular formula is C23H29N5O3. The molecule has 2 fully saturated rings. The van der Waals surface area contributed by atoms with E-state index in [0.717, 1.165) is 42.6 Å². The third-order valence-electron chi connectivity index (χ3n) is 5.72. The van der Waals surface area contributed by atoms with E-state index in [1.54, 1.807) is 12.1 Å². The normalized spacial score (nSPS) is 19.9. The van der Waals surface area contributed by atoms with Crippen LogP contribution in [0.4, 0.5) is 11.5 Å². The number of benzene rings is 1. The fourth-order valence-corrected chi connectivity index (χ4v) is 4.21. The molecule has 2 aliphatic heterocycles. The zero-order chi connectivity index (χ0) is 22.0. The first-order valence-corrected chi connectivity index (χ1v) is 10.9. The highest BCUT2D eigenvalue weighted by atomic mass is 16.5. The lowest BCUT2D eigenvalue weighted by atomic mass is 10.1. The van der Waals surface area contributed by atoms with E-state index in [4.69, 9.17) is 4.74 Å². The minimum absolute atomic E-state index is 0.144. The van der Waals surface area contributed by atoms with Crippen LogP contribution in [0.25, 0.3) is 0 Å². The molecule has 0 saturated carbocycles. The molecular weight excluding hydrogens is 394 g/mol. The van der Waals surface area contributed by atoms with Crippen LogP contribution in [0.1, 0.15) is 31.3 Å². The van der Waals surface area contributed by atoms with Crippen molar-refractivity contribution < 1.29 is 14.3 Å². The molecule has 0 aliphatic carbocycles. The number of imide groups is 1. The van der Waals surface area contributed by atoms with Crippen molar-refractivity contribution in [3.63, 3.8) is 0 Å². The number of rotatable bonds is 6. The first-order valence-electron chi connectivity index (χ1n) is 10.9. The number of carbonyl (C=O) groups is 2. The summed E-state index contributed by atoms with van der Waals surface area (Å²) in [5.41, 5.74) is 1.55. The summed E-state index contributed by atoms with van der Waals surface area (Å²) in [5.74, 6) is 2.13. The lowest BCUT2D eigenvalue weighted by molar-refractivity contribution is -0.123. The molecule has 0 radical (unpaired) electrons. The average Bonchev–Trinajstić information content (AvgIpc) is 3.06. The SMILES string of the molecule is CCCOc1ccc(N2C(=O)CC(N3CCN(c4cc(C)nc(C)n4)CC3)C2=O)cc1. The van der Waals surface area contributed by atoms with Gasteiger partial charge in [0.25, 0.3) is 5.91 Å². The quantitative estimate of drug-likeness (QED) is 0.660. The van der Waals surface area contributed by atoms with Crippen LogP contribution in [0.3, 0.4) is 0 Å². The largest absolute Gasteiger partial charge is 0.494 e. The first kappa shape index (κ1) is 21.2. The zero-order valence-corrected chi connectivity index (χ0v) is 18.4. The maximum absolute atomic E-state index is 13.1. The Kier molecular flexibility index (Phi) is 6.18. The van der Waals surface area contributed by atoms with Crippen LogP contribution in [-0.4, -0.2) is 65.5 Å². The number of amides is 2. The summed E-state index contributed by atoms with van der Waals surface area (Å²) < 4.78 is 5.59. The predicted molar refractivity (Wildman–Crippen MR) is 118 cm³/mol. The average molecular weight is 424 g/mol. The van der Waals surface area contributed by atoms with Crippen molar-refractivity contribution in [1.82, 2.24) is 14.9 Å². The Morgan fingerprint density at radius 1 is 1.03 bits per heavy atom. The highest BCUT2D eigenvalue weighted by molar-refractivity contribution is 6.22. The molecule has 4 rings (SSSR count). The molecule has 3 heterocycles.